The number of ketones is 1. The second-order valence-corrected chi connectivity index (χ2v) is 3.84. The molecule has 0 aromatic heterocycles. The van der Waals surface area contributed by atoms with E-state index in [0.29, 0.717) is 5.56 Å². The van der Waals surface area contributed by atoms with Crippen LogP contribution in [0.5, 0.6) is 0 Å². The monoisotopic (exact) mass is 250 g/mol. The van der Waals surface area contributed by atoms with Gasteiger partial charge in [0, 0.05) is 18.1 Å². The van der Waals surface area contributed by atoms with E-state index in [9.17, 15) is 18.0 Å². The van der Waals surface area contributed by atoms with Gasteiger partial charge in [-0.25, -0.2) is 13.2 Å². The summed E-state index contributed by atoms with van der Waals surface area (Å²) in [7, 11) is 0. The van der Waals surface area contributed by atoms with Crippen molar-refractivity contribution in [1.29, 1.82) is 0 Å². The Labute approximate surface area is 102 Å². The van der Waals surface area contributed by atoms with Crippen molar-refractivity contribution in [2.24, 2.45) is 0 Å². The molecule has 0 N–H and O–H groups in total. The molecule has 2 rings (SSSR count). The van der Waals surface area contributed by atoms with Crippen molar-refractivity contribution in [2.75, 3.05) is 0 Å². The summed E-state index contributed by atoms with van der Waals surface area (Å²) in [5.41, 5.74) is 0.408. The van der Waals surface area contributed by atoms with Gasteiger partial charge in [0.2, 0.25) is 0 Å². The molecule has 0 radical (unpaired) electrons. The molecule has 0 aliphatic heterocycles. The minimum atomic E-state index is -0.759. The summed E-state index contributed by atoms with van der Waals surface area (Å²) in [6, 6.07) is 8.04. The Morgan fingerprint density at radius 1 is 0.889 bits per heavy atom. The average Bonchev–Trinajstić information content (AvgIpc) is 2.33. The van der Waals surface area contributed by atoms with E-state index in [1.54, 1.807) is 0 Å². The lowest BCUT2D eigenvalue weighted by Crippen LogP contribution is -2.05. The zero-order chi connectivity index (χ0) is 13.1. The van der Waals surface area contributed by atoms with Crippen LogP contribution in [0.1, 0.15) is 15.9 Å². The Kier molecular flexibility index (Phi) is 3.46. The van der Waals surface area contributed by atoms with E-state index in [2.05, 4.69) is 0 Å². The second kappa shape index (κ2) is 5.04. The Morgan fingerprint density at radius 3 is 2.11 bits per heavy atom. The van der Waals surface area contributed by atoms with Crippen LogP contribution in [0.15, 0.2) is 42.5 Å². The molecule has 0 saturated carbocycles. The third-order valence-electron chi connectivity index (χ3n) is 2.53. The molecule has 0 bridgehead atoms. The molecule has 2 aromatic rings. The summed E-state index contributed by atoms with van der Waals surface area (Å²) in [6.07, 6.45) is -0.183. The molecule has 1 nitrogen and oxygen atoms in total. The van der Waals surface area contributed by atoms with Crippen molar-refractivity contribution in [2.45, 2.75) is 6.42 Å². The average molecular weight is 250 g/mol. The highest BCUT2D eigenvalue weighted by molar-refractivity contribution is 5.97. The molecule has 0 amide bonds. The number of rotatable bonds is 3. The van der Waals surface area contributed by atoms with Crippen LogP contribution in [0, 0.1) is 17.5 Å². The van der Waals surface area contributed by atoms with Crippen LogP contribution in [0.3, 0.4) is 0 Å². The second-order valence-electron chi connectivity index (χ2n) is 3.84. The van der Waals surface area contributed by atoms with E-state index in [4.69, 9.17) is 0 Å². The Balaban J connectivity index is 2.18. The van der Waals surface area contributed by atoms with Gasteiger partial charge in [0.15, 0.2) is 5.78 Å². The van der Waals surface area contributed by atoms with Crippen molar-refractivity contribution in [3.05, 3.63) is 71.0 Å². The number of hydrogen-bond donors (Lipinski definition) is 0. The maximum atomic E-state index is 13.3. The van der Waals surface area contributed by atoms with Gasteiger partial charge in [-0.3, -0.25) is 4.79 Å². The number of carbonyl (C=O) groups is 1. The number of benzene rings is 2. The zero-order valence-corrected chi connectivity index (χ0v) is 9.29. The molecule has 92 valence electrons. The van der Waals surface area contributed by atoms with Crippen LogP contribution in [-0.2, 0) is 6.42 Å². The van der Waals surface area contributed by atoms with Gasteiger partial charge in [0.05, 0.1) is 0 Å². The van der Waals surface area contributed by atoms with Crippen LogP contribution < -0.4 is 0 Å². The molecule has 0 aliphatic rings. The Morgan fingerprint density at radius 2 is 1.50 bits per heavy atom. The predicted octanol–water partition coefficient (Wildman–Crippen LogP) is 3.53. The molecule has 0 atom stereocenters. The van der Waals surface area contributed by atoms with E-state index in [1.807, 2.05) is 0 Å². The van der Waals surface area contributed by atoms with Gasteiger partial charge in [-0.2, -0.15) is 0 Å². The number of hydrogen-bond acceptors (Lipinski definition) is 1. The van der Waals surface area contributed by atoms with Crippen molar-refractivity contribution in [3.63, 3.8) is 0 Å². The van der Waals surface area contributed by atoms with E-state index in [0.717, 1.165) is 24.3 Å². The molecule has 0 heterocycles. The largest absolute Gasteiger partial charge is 0.294 e. The first-order valence-corrected chi connectivity index (χ1v) is 5.29. The highest BCUT2D eigenvalue weighted by atomic mass is 19.1. The lowest BCUT2D eigenvalue weighted by Gasteiger charge is -2.03. The standard InChI is InChI=1S/C14H9F3O/c15-11-4-1-9(2-5-11)14(18)7-10-3-6-12(16)8-13(10)17/h1-6,8H,7H2. The third-order valence-corrected chi connectivity index (χ3v) is 2.53. The molecular weight excluding hydrogens is 241 g/mol. The molecule has 0 fully saturated rings. The van der Waals surface area contributed by atoms with E-state index < -0.39 is 17.5 Å². The van der Waals surface area contributed by atoms with Gasteiger partial charge in [-0.1, -0.05) is 6.07 Å². The van der Waals surface area contributed by atoms with Crippen molar-refractivity contribution >= 4 is 5.78 Å². The molecular formula is C14H9F3O. The molecule has 0 unspecified atom stereocenters. The van der Waals surface area contributed by atoms with E-state index >= 15 is 0 Å². The van der Waals surface area contributed by atoms with Gasteiger partial charge in [0.1, 0.15) is 17.5 Å². The topological polar surface area (TPSA) is 17.1 Å². The quantitative estimate of drug-likeness (QED) is 0.761. The predicted molar refractivity (Wildman–Crippen MR) is 60.8 cm³/mol. The molecule has 0 spiro atoms. The first-order valence-electron chi connectivity index (χ1n) is 5.29. The first kappa shape index (κ1) is 12.4. The number of carbonyl (C=O) groups excluding carboxylic acids is 1. The third kappa shape index (κ3) is 2.77. The van der Waals surface area contributed by atoms with Gasteiger partial charge >= 0.3 is 0 Å². The molecule has 2 aromatic carbocycles. The number of halogens is 3. The fourth-order valence-corrected chi connectivity index (χ4v) is 1.58. The van der Waals surface area contributed by atoms with Crippen molar-refractivity contribution < 1.29 is 18.0 Å². The highest BCUT2D eigenvalue weighted by Gasteiger charge is 2.11. The summed E-state index contributed by atoms with van der Waals surface area (Å²) < 4.78 is 38.7. The number of Topliss-reactive ketones (excluding diaryl/α,β-unsaturated/α-hetero) is 1. The minimum Gasteiger partial charge on any atom is -0.294 e. The van der Waals surface area contributed by atoms with Crippen LogP contribution in [0.2, 0.25) is 0 Å². The highest BCUT2D eigenvalue weighted by Crippen LogP contribution is 2.13. The Bertz CT molecular complexity index is 576. The van der Waals surface area contributed by atoms with Crippen LogP contribution >= 0.6 is 0 Å². The van der Waals surface area contributed by atoms with Crippen LogP contribution in [0.4, 0.5) is 13.2 Å². The fraction of sp³-hybridized carbons (Fsp3) is 0.0714. The maximum absolute atomic E-state index is 13.3. The lowest BCUT2D eigenvalue weighted by atomic mass is 10.0. The minimum absolute atomic E-state index is 0.116. The fourth-order valence-electron chi connectivity index (χ4n) is 1.58. The van der Waals surface area contributed by atoms with Gasteiger partial charge < -0.3 is 0 Å². The van der Waals surface area contributed by atoms with Crippen molar-refractivity contribution in [3.8, 4) is 0 Å². The summed E-state index contributed by atoms with van der Waals surface area (Å²) in [4.78, 5) is 11.8. The Hall–Kier alpha value is -2.10. The normalized spacial score (nSPS) is 10.4. The van der Waals surface area contributed by atoms with Gasteiger partial charge in [0.25, 0.3) is 0 Å². The van der Waals surface area contributed by atoms with Crippen LogP contribution in [0.25, 0.3) is 0 Å². The maximum Gasteiger partial charge on any atom is 0.167 e. The zero-order valence-electron chi connectivity index (χ0n) is 9.29. The van der Waals surface area contributed by atoms with Gasteiger partial charge in [-0.05, 0) is 35.9 Å². The van der Waals surface area contributed by atoms with Crippen LogP contribution in [-0.4, -0.2) is 5.78 Å². The summed E-state index contributed by atoms with van der Waals surface area (Å²) >= 11 is 0. The summed E-state index contributed by atoms with van der Waals surface area (Å²) in [5, 5.41) is 0. The smallest absolute Gasteiger partial charge is 0.167 e. The first-order chi connectivity index (χ1) is 8.56. The summed E-state index contributed by atoms with van der Waals surface area (Å²) in [5.74, 6) is -2.24. The van der Waals surface area contributed by atoms with E-state index in [-0.39, 0.29) is 17.8 Å². The lowest BCUT2D eigenvalue weighted by molar-refractivity contribution is 0.0991. The molecule has 0 saturated heterocycles. The van der Waals surface area contributed by atoms with Gasteiger partial charge in [-0.15, -0.1) is 0 Å². The van der Waals surface area contributed by atoms with Crippen molar-refractivity contribution in [1.82, 2.24) is 0 Å². The molecule has 4 heteroatoms. The molecule has 0 aliphatic carbocycles. The van der Waals surface area contributed by atoms with E-state index in [1.165, 1.54) is 18.2 Å². The SMILES string of the molecule is O=C(Cc1ccc(F)cc1F)c1ccc(F)cc1. The molecule has 18 heavy (non-hydrogen) atoms. The summed E-state index contributed by atoms with van der Waals surface area (Å²) in [6.45, 7) is 0.